The summed E-state index contributed by atoms with van der Waals surface area (Å²) in [6.07, 6.45) is 1.74. The molecule has 6 nitrogen and oxygen atoms in total. The molecule has 0 unspecified atom stereocenters. The third-order valence-electron chi connectivity index (χ3n) is 3.52. The molecule has 0 saturated carbocycles. The third-order valence-corrected chi connectivity index (χ3v) is 3.52. The Kier molecular flexibility index (Phi) is 4.39. The Morgan fingerprint density at radius 1 is 1.23 bits per heavy atom. The minimum Gasteiger partial charge on any atom is -0.488 e. The second-order valence-corrected chi connectivity index (χ2v) is 5.04. The van der Waals surface area contributed by atoms with Crippen molar-refractivity contribution >= 4 is 11.5 Å². The van der Waals surface area contributed by atoms with Crippen LogP contribution in [0.15, 0.2) is 30.5 Å². The molecule has 2 aromatic rings. The highest BCUT2D eigenvalue weighted by Crippen LogP contribution is 2.29. The largest absolute Gasteiger partial charge is 0.488 e. The van der Waals surface area contributed by atoms with Gasteiger partial charge in [0, 0.05) is 24.3 Å². The Balaban J connectivity index is 1.97. The second-order valence-electron chi connectivity index (χ2n) is 5.04. The van der Waals surface area contributed by atoms with Crippen LogP contribution in [0.25, 0.3) is 11.4 Å². The van der Waals surface area contributed by atoms with E-state index in [2.05, 4.69) is 9.88 Å². The molecule has 0 radical (unpaired) electrons. The van der Waals surface area contributed by atoms with Crippen LogP contribution in [0.1, 0.15) is 6.92 Å². The molecular formula is C16H20N4O2. The van der Waals surface area contributed by atoms with Crippen molar-refractivity contribution in [2.24, 2.45) is 0 Å². The predicted octanol–water partition coefficient (Wildman–Crippen LogP) is 1.96. The van der Waals surface area contributed by atoms with Crippen LogP contribution in [-0.2, 0) is 4.74 Å². The van der Waals surface area contributed by atoms with Crippen molar-refractivity contribution in [1.29, 1.82) is 0 Å². The number of aromatic nitrogens is 2. The Morgan fingerprint density at radius 2 is 1.95 bits per heavy atom. The number of anilines is 2. The molecule has 0 atom stereocenters. The summed E-state index contributed by atoms with van der Waals surface area (Å²) >= 11 is 0. The molecule has 0 spiro atoms. The van der Waals surface area contributed by atoms with E-state index in [0.717, 1.165) is 30.2 Å². The monoisotopic (exact) mass is 300 g/mol. The SMILES string of the molecule is CCOc1cnc(-c2ccc(N)cc2)nc1N1CCOCC1. The summed E-state index contributed by atoms with van der Waals surface area (Å²) in [6, 6.07) is 7.55. The third kappa shape index (κ3) is 3.12. The van der Waals surface area contributed by atoms with Crippen LogP contribution in [0.4, 0.5) is 11.5 Å². The van der Waals surface area contributed by atoms with Crippen molar-refractivity contribution in [1.82, 2.24) is 9.97 Å². The molecule has 1 aliphatic heterocycles. The second kappa shape index (κ2) is 6.62. The number of nitrogens with two attached hydrogens (primary N) is 1. The number of ether oxygens (including phenoxy) is 2. The highest BCUT2D eigenvalue weighted by molar-refractivity contribution is 5.63. The predicted molar refractivity (Wildman–Crippen MR) is 86.1 cm³/mol. The van der Waals surface area contributed by atoms with Gasteiger partial charge in [-0.2, -0.15) is 0 Å². The average Bonchev–Trinajstić information content (AvgIpc) is 2.57. The minimum atomic E-state index is 0.585. The average molecular weight is 300 g/mol. The maximum atomic E-state index is 5.73. The molecule has 0 bridgehead atoms. The van der Waals surface area contributed by atoms with Gasteiger partial charge in [-0.3, -0.25) is 0 Å². The van der Waals surface area contributed by atoms with Crippen LogP contribution < -0.4 is 15.4 Å². The number of hydrogen-bond donors (Lipinski definition) is 1. The quantitative estimate of drug-likeness (QED) is 0.870. The first-order chi connectivity index (χ1) is 10.8. The van der Waals surface area contributed by atoms with Gasteiger partial charge in [-0.1, -0.05) is 0 Å². The maximum absolute atomic E-state index is 5.73. The fraction of sp³-hybridized carbons (Fsp3) is 0.375. The van der Waals surface area contributed by atoms with E-state index in [9.17, 15) is 0 Å². The molecule has 6 heteroatoms. The van der Waals surface area contributed by atoms with Crippen molar-refractivity contribution < 1.29 is 9.47 Å². The summed E-state index contributed by atoms with van der Waals surface area (Å²) in [6.45, 7) is 5.55. The Hall–Kier alpha value is -2.34. The Labute approximate surface area is 129 Å². The van der Waals surface area contributed by atoms with Gasteiger partial charge in [0.1, 0.15) is 0 Å². The summed E-state index contributed by atoms with van der Waals surface area (Å²) in [5.74, 6) is 2.21. The highest BCUT2D eigenvalue weighted by atomic mass is 16.5. The summed E-state index contributed by atoms with van der Waals surface area (Å²) in [5.41, 5.74) is 7.39. The van der Waals surface area contributed by atoms with Crippen LogP contribution >= 0.6 is 0 Å². The number of hydrogen-bond acceptors (Lipinski definition) is 6. The number of nitrogen functional groups attached to an aromatic ring is 1. The number of rotatable bonds is 4. The standard InChI is InChI=1S/C16H20N4O2/c1-2-22-14-11-18-15(12-3-5-13(17)6-4-12)19-16(14)20-7-9-21-10-8-20/h3-6,11H,2,7-10,17H2,1H3. The van der Waals surface area contributed by atoms with Crippen LogP contribution in [-0.4, -0.2) is 42.9 Å². The number of nitrogens with zero attached hydrogens (tertiary/aromatic N) is 3. The van der Waals surface area contributed by atoms with Crippen LogP contribution in [0.5, 0.6) is 5.75 Å². The molecule has 0 amide bonds. The maximum Gasteiger partial charge on any atom is 0.180 e. The van der Waals surface area contributed by atoms with Gasteiger partial charge in [-0.05, 0) is 31.2 Å². The summed E-state index contributed by atoms with van der Waals surface area (Å²) in [5, 5.41) is 0. The van der Waals surface area contributed by atoms with E-state index in [-0.39, 0.29) is 0 Å². The van der Waals surface area contributed by atoms with Gasteiger partial charge in [-0.15, -0.1) is 0 Å². The molecule has 0 aliphatic carbocycles. The number of morpholine rings is 1. The normalized spacial score (nSPS) is 14.9. The van der Waals surface area contributed by atoms with Gasteiger partial charge in [0.25, 0.3) is 0 Å². The van der Waals surface area contributed by atoms with Gasteiger partial charge in [0.15, 0.2) is 17.4 Å². The molecular weight excluding hydrogens is 280 g/mol. The lowest BCUT2D eigenvalue weighted by Gasteiger charge is -2.29. The van der Waals surface area contributed by atoms with Crippen molar-refractivity contribution in [3.8, 4) is 17.1 Å². The Bertz CT molecular complexity index is 625. The van der Waals surface area contributed by atoms with E-state index in [4.69, 9.17) is 20.2 Å². The lowest BCUT2D eigenvalue weighted by atomic mass is 10.2. The molecule has 1 aromatic heterocycles. The van der Waals surface area contributed by atoms with Crippen molar-refractivity contribution in [3.05, 3.63) is 30.5 Å². The van der Waals surface area contributed by atoms with Crippen molar-refractivity contribution in [3.63, 3.8) is 0 Å². The molecule has 1 fully saturated rings. The smallest absolute Gasteiger partial charge is 0.180 e. The molecule has 2 N–H and O–H groups in total. The van der Waals surface area contributed by atoms with E-state index in [0.29, 0.717) is 31.4 Å². The van der Waals surface area contributed by atoms with Crippen molar-refractivity contribution in [2.75, 3.05) is 43.5 Å². The molecule has 1 aliphatic rings. The fourth-order valence-corrected chi connectivity index (χ4v) is 2.39. The number of benzene rings is 1. The highest BCUT2D eigenvalue weighted by Gasteiger charge is 2.19. The van der Waals surface area contributed by atoms with Gasteiger partial charge < -0.3 is 20.1 Å². The molecule has 2 heterocycles. The minimum absolute atomic E-state index is 0.585. The van der Waals surface area contributed by atoms with E-state index in [1.54, 1.807) is 6.20 Å². The summed E-state index contributed by atoms with van der Waals surface area (Å²) in [4.78, 5) is 11.3. The summed E-state index contributed by atoms with van der Waals surface area (Å²) in [7, 11) is 0. The zero-order valence-corrected chi connectivity index (χ0v) is 12.7. The lowest BCUT2D eigenvalue weighted by molar-refractivity contribution is 0.122. The lowest BCUT2D eigenvalue weighted by Crippen LogP contribution is -2.37. The fourth-order valence-electron chi connectivity index (χ4n) is 2.39. The van der Waals surface area contributed by atoms with Crippen LogP contribution in [0, 0.1) is 0 Å². The van der Waals surface area contributed by atoms with Gasteiger partial charge >= 0.3 is 0 Å². The summed E-state index contributed by atoms with van der Waals surface area (Å²) < 4.78 is 11.1. The molecule has 1 saturated heterocycles. The molecule has 1 aromatic carbocycles. The molecule has 22 heavy (non-hydrogen) atoms. The molecule has 3 rings (SSSR count). The van der Waals surface area contributed by atoms with Gasteiger partial charge in [0.2, 0.25) is 0 Å². The van der Waals surface area contributed by atoms with E-state index >= 15 is 0 Å². The van der Waals surface area contributed by atoms with Crippen LogP contribution in [0.3, 0.4) is 0 Å². The topological polar surface area (TPSA) is 73.5 Å². The molecule has 116 valence electrons. The van der Waals surface area contributed by atoms with Gasteiger partial charge in [0.05, 0.1) is 26.0 Å². The van der Waals surface area contributed by atoms with Gasteiger partial charge in [-0.25, -0.2) is 9.97 Å². The van der Waals surface area contributed by atoms with Crippen molar-refractivity contribution in [2.45, 2.75) is 6.92 Å². The van der Waals surface area contributed by atoms with E-state index in [1.165, 1.54) is 0 Å². The van der Waals surface area contributed by atoms with Crippen LogP contribution in [0.2, 0.25) is 0 Å². The van der Waals surface area contributed by atoms with E-state index < -0.39 is 0 Å². The van der Waals surface area contributed by atoms with E-state index in [1.807, 2.05) is 31.2 Å². The Morgan fingerprint density at radius 3 is 2.64 bits per heavy atom. The first-order valence-electron chi connectivity index (χ1n) is 7.46. The first-order valence-corrected chi connectivity index (χ1v) is 7.46. The first kappa shape index (κ1) is 14.6. The zero-order chi connectivity index (χ0) is 15.4. The zero-order valence-electron chi connectivity index (χ0n) is 12.7.